The second-order valence-corrected chi connectivity index (χ2v) is 7.55. The van der Waals surface area contributed by atoms with Crippen molar-refractivity contribution in [3.63, 3.8) is 0 Å². The normalized spacial score (nSPS) is 23.8. The number of amides is 2. The number of hydrogen-bond donors (Lipinski definition) is 1. The summed E-state index contributed by atoms with van der Waals surface area (Å²) in [6, 6.07) is 2.80. The van der Waals surface area contributed by atoms with Gasteiger partial charge < -0.3 is 5.11 Å². The summed E-state index contributed by atoms with van der Waals surface area (Å²) in [5.74, 6) is -0.925. The minimum absolute atomic E-state index is 0.186. The molecule has 25 heavy (non-hydrogen) atoms. The van der Waals surface area contributed by atoms with Gasteiger partial charge in [0, 0.05) is 44.1 Å². The first-order valence-corrected chi connectivity index (χ1v) is 8.93. The molecule has 0 saturated carbocycles. The van der Waals surface area contributed by atoms with Crippen molar-refractivity contribution in [3.8, 4) is 0 Å². The Morgan fingerprint density at radius 3 is 2.60 bits per heavy atom. The lowest BCUT2D eigenvalue weighted by molar-refractivity contribution is -0.792. The third kappa shape index (κ3) is 3.96. The van der Waals surface area contributed by atoms with E-state index in [2.05, 4.69) is 4.98 Å². The molecule has 1 aliphatic heterocycles. The summed E-state index contributed by atoms with van der Waals surface area (Å²) >= 11 is 0.727. The molecule has 0 radical (unpaired) electrons. The Morgan fingerprint density at radius 1 is 1.40 bits per heavy atom. The Balaban J connectivity index is 2.30. The SMILES string of the molecule is CC(=O)SC(CC(=O)c1cccnc1)C(=O)[N+]1(C(=O)O)CCC[C@H]1C. The maximum atomic E-state index is 13.1. The number of rotatable bonds is 5. The quantitative estimate of drug-likeness (QED) is 0.632. The van der Waals surface area contributed by atoms with Crippen molar-refractivity contribution < 1.29 is 28.8 Å². The van der Waals surface area contributed by atoms with Crippen LogP contribution in [0, 0.1) is 0 Å². The van der Waals surface area contributed by atoms with E-state index in [0.717, 1.165) is 11.8 Å². The Kier molecular flexibility index (Phi) is 6.07. The zero-order valence-electron chi connectivity index (χ0n) is 14.2. The lowest BCUT2D eigenvalue weighted by Crippen LogP contribution is -2.61. The van der Waals surface area contributed by atoms with Gasteiger partial charge in [-0.15, -0.1) is 0 Å². The van der Waals surface area contributed by atoms with Crippen LogP contribution in [0.3, 0.4) is 0 Å². The minimum Gasteiger partial charge on any atom is -0.435 e. The number of carbonyl (C=O) groups is 4. The zero-order chi connectivity index (χ0) is 18.6. The van der Waals surface area contributed by atoms with Crippen molar-refractivity contribution in [1.29, 1.82) is 0 Å². The number of pyridine rings is 1. The Hall–Kier alpha value is -2.06. The largest absolute Gasteiger partial charge is 0.521 e. The number of likely N-dealkylation sites (tertiary alicyclic amines) is 1. The Labute approximate surface area is 150 Å². The molecule has 134 valence electrons. The number of carboxylic acid groups (broad SMARTS) is 1. The van der Waals surface area contributed by atoms with E-state index in [9.17, 15) is 24.3 Å². The molecule has 8 heteroatoms. The van der Waals surface area contributed by atoms with E-state index < -0.39 is 21.7 Å². The molecule has 1 aromatic heterocycles. The molecule has 2 heterocycles. The predicted octanol–water partition coefficient (Wildman–Crippen LogP) is 2.51. The van der Waals surface area contributed by atoms with Crippen LogP contribution in [0.15, 0.2) is 24.5 Å². The molecule has 2 amide bonds. The molecule has 2 rings (SSSR count). The van der Waals surface area contributed by atoms with Gasteiger partial charge in [0.05, 0.1) is 6.54 Å². The smallest absolute Gasteiger partial charge is 0.435 e. The van der Waals surface area contributed by atoms with Gasteiger partial charge in [-0.05, 0) is 19.1 Å². The van der Waals surface area contributed by atoms with Gasteiger partial charge in [0.2, 0.25) is 0 Å². The van der Waals surface area contributed by atoms with Gasteiger partial charge in [-0.25, -0.2) is 4.79 Å². The first-order chi connectivity index (χ1) is 11.8. The number of nitrogens with zero attached hydrogens (tertiary/aromatic N) is 2. The summed E-state index contributed by atoms with van der Waals surface area (Å²) in [7, 11) is 0. The molecule has 1 fully saturated rings. The van der Waals surface area contributed by atoms with Crippen molar-refractivity contribution in [1.82, 2.24) is 4.98 Å². The van der Waals surface area contributed by atoms with Crippen LogP contribution < -0.4 is 0 Å². The number of quaternary nitrogens is 1. The maximum Gasteiger partial charge on any atom is 0.521 e. The lowest BCUT2D eigenvalue weighted by Gasteiger charge is -2.32. The second kappa shape index (κ2) is 7.88. The number of thioether (sulfide) groups is 1. The molecule has 0 aromatic carbocycles. The highest BCUT2D eigenvalue weighted by Crippen LogP contribution is 2.33. The van der Waals surface area contributed by atoms with Crippen molar-refractivity contribution in [2.45, 2.75) is 44.4 Å². The van der Waals surface area contributed by atoms with Gasteiger partial charge in [0.15, 0.2) is 10.9 Å². The van der Waals surface area contributed by atoms with Crippen LogP contribution in [0.1, 0.15) is 43.5 Å². The van der Waals surface area contributed by atoms with Gasteiger partial charge in [0.25, 0.3) is 0 Å². The predicted molar refractivity (Wildman–Crippen MR) is 92.1 cm³/mol. The fourth-order valence-corrected chi connectivity index (χ4v) is 4.16. The van der Waals surface area contributed by atoms with Crippen molar-refractivity contribution in [2.24, 2.45) is 0 Å². The summed E-state index contributed by atoms with van der Waals surface area (Å²) < 4.78 is -0.717. The number of Topliss-reactive ketones (excluding diaryl/α,β-unsaturated/α-hetero) is 1. The first kappa shape index (κ1) is 19.3. The Morgan fingerprint density at radius 2 is 2.12 bits per heavy atom. The minimum atomic E-state index is -1.22. The molecule has 2 unspecified atom stereocenters. The van der Waals surface area contributed by atoms with Crippen LogP contribution in [-0.2, 0) is 9.59 Å². The summed E-state index contributed by atoms with van der Waals surface area (Å²) in [6.07, 6.45) is 2.70. The molecule has 1 saturated heterocycles. The van der Waals surface area contributed by atoms with Crippen LogP contribution in [0.4, 0.5) is 4.79 Å². The van der Waals surface area contributed by atoms with Crippen LogP contribution in [-0.4, -0.2) is 55.3 Å². The molecule has 3 atom stereocenters. The number of ketones is 1. The van der Waals surface area contributed by atoms with Gasteiger partial charge in [-0.3, -0.25) is 14.6 Å². The van der Waals surface area contributed by atoms with E-state index in [1.54, 1.807) is 19.1 Å². The summed E-state index contributed by atoms with van der Waals surface area (Å²) in [5.41, 5.74) is 0.334. The Bertz CT molecular complexity index is 694. The van der Waals surface area contributed by atoms with E-state index in [1.165, 1.54) is 19.3 Å². The van der Waals surface area contributed by atoms with Crippen LogP contribution in [0.5, 0.6) is 0 Å². The summed E-state index contributed by atoms with van der Waals surface area (Å²) in [4.78, 5) is 52.8. The highest BCUT2D eigenvalue weighted by atomic mass is 32.2. The molecular weight excluding hydrogens is 344 g/mol. The average molecular weight is 365 g/mol. The van der Waals surface area contributed by atoms with Gasteiger partial charge >= 0.3 is 12.0 Å². The molecule has 1 N–H and O–H groups in total. The standard InChI is InChI=1S/C17H20N2O5S/c1-11-5-4-8-19(11,17(23)24)16(22)15(25-12(2)20)9-14(21)13-6-3-7-18-10-13/h3,6-7,10-11,15H,4-5,8-9H2,1-2H3/p+1/t11-,15?,19?/m1/s1. The number of imide groups is 1. The van der Waals surface area contributed by atoms with Crippen molar-refractivity contribution in [3.05, 3.63) is 30.1 Å². The van der Waals surface area contributed by atoms with E-state index >= 15 is 0 Å². The molecular formula is C17H21N2O5S+. The average Bonchev–Trinajstić information content (AvgIpc) is 2.96. The maximum absolute atomic E-state index is 13.1. The topological polar surface area (TPSA) is 101 Å². The highest BCUT2D eigenvalue weighted by molar-refractivity contribution is 8.14. The first-order valence-electron chi connectivity index (χ1n) is 8.05. The zero-order valence-corrected chi connectivity index (χ0v) is 15.0. The van der Waals surface area contributed by atoms with E-state index in [-0.39, 0.29) is 29.9 Å². The third-order valence-corrected chi connectivity index (χ3v) is 5.54. The fourth-order valence-electron chi connectivity index (χ4n) is 3.23. The van der Waals surface area contributed by atoms with Crippen LogP contribution in [0.25, 0.3) is 0 Å². The van der Waals surface area contributed by atoms with E-state index in [0.29, 0.717) is 18.4 Å². The van der Waals surface area contributed by atoms with E-state index in [1.807, 2.05) is 0 Å². The molecule has 0 spiro atoms. The molecule has 0 aliphatic carbocycles. The van der Waals surface area contributed by atoms with Crippen molar-refractivity contribution in [2.75, 3.05) is 6.54 Å². The lowest BCUT2D eigenvalue weighted by atomic mass is 10.1. The van der Waals surface area contributed by atoms with Crippen LogP contribution >= 0.6 is 11.8 Å². The number of aromatic nitrogens is 1. The molecule has 1 aromatic rings. The van der Waals surface area contributed by atoms with E-state index in [4.69, 9.17) is 0 Å². The molecule has 0 bridgehead atoms. The van der Waals surface area contributed by atoms with Gasteiger partial charge in [-0.1, -0.05) is 11.8 Å². The second-order valence-electron chi connectivity index (χ2n) is 6.17. The number of hydrogen-bond acceptors (Lipinski definition) is 6. The molecule has 7 nitrogen and oxygen atoms in total. The fraction of sp³-hybridized carbons (Fsp3) is 0.471. The summed E-state index contributed by atoms with van der Waals surface area (Å²) in [6.45, 7) is 3.21. The van der Waals surface area contributed by atoms with Crippen molar-refractivity contribution >= 4 is 34.7 Å². The van der Waals surface area contributed by atoms with Crippen LogP contribution in [0.2, 0.25) is 0 Å². The van der Waals surface area contributed by atoms with Gasteiger partial charge in [-0.2, -0.15) is 9.28 Å². The molecule has 1 aliphatic rings. The monoisotopic (exact) mass is 365 g/mol. The number of carbonyl (C=O) groups excluding carboxylic acids is 3. The summed E-state index contributed by atoms with van der Waals surface area (Å²) in [5, 5.41) is 8.35. The third-order valence-electron chi connectivity index (χ3n) is 4.56. The van der Waals surface area contributed by atoms with Gasteiger partial charge in [0.1, 0.15) is 11.3 Å². The highest BCUT2D eigenvalue weighted by Gasteiger charge is 2.55.